The first-order valence-electron chi connectivity index (χ1n) is 5.38. The van der Waals surface area contributed by atoms with Crippen LogP contribution in [0.2, 0.25) is 0 Å². The molecule has 0 saturated heterocycles. The average molecular weight is 203 g/mol. The monoisotopic (exact) mass is 203 g/mol. The predicted octanol–water partition coefficient (Wildman–Crippen LogP) is 1.96. The van der Waals surface area contributed by atoms with E-state index >= 15 is 0 Å². The first-order valence-corrected chi connectivity index (χ1v) is 5.38. The maximum Gasteiger partial charge on any atom is 0.136 e. The fraction of sp³-hybridized carbons (Fsp3) is 0.417. The number of pyridine rings is 1. The zero-order valence-electron chi connectivity index (χ0n) is 9.27. The lowest BCUT2D eigenvalue weighted by atomic mass is 10.2. The second-order valence-electron chi connectivity index (χ2n) is 4.16. The molecule has 2 aromatic rings. The van der Waals surface area contributed by atoms with Crippen LogP contribution < -0.4 is 5.73 Å². The van der Waals surface area contributed by atoms with Crippen molar-refractivity contribution in [3.8, 4) is 0 Å². The third-order valence-corrected chi connectivity index (χ3v) is 2.56. The highest BCUT2D eigenvalue weighted by atomic mass is 15.0. The molecule has 3 nitrogen and oxygen atoms in total. The first-order chi connectivity index (χ1) is 7.20. The molecular formula is C12H17N3. The van der Waals surface area contributed by atoms with E-state index in [1.807, 2.05) is 0 Å². The number of imidazole rings is 1. The molecule has 0 atom stereocenters. The number of fused-ring (bicyclic) bond motifs is 1. The van der Waals surface area contributed by atoms with Gasteiger partial charge in [-0.05, 0) is 30.5 Å². The summed E-state index contributed by atoms with van der Waals surface area (Å²) < 4.78 is 2.08. The molecule has 3 heteroatoms. The van der Waals surface area contributed by atoms with Gasteiger partial charge in [-0.2, -0.15) is 0 Å². The molecule has 2 aromatic heterocycles. The molecule has 0 spiro atoms. The first kappa shape index (κ1) is 10.2. The molecule has 2 rings (SSSR count). The number of hydrogen-bond donors (Lipinski definition) is 1. The summed E-state index contributed by atoms with van der Waals surface area (Å²) >= 11 is 0. The molecule has 2 heterocycles. The van der Waals surface area contributed by atoms with E-state index in [4.69, 9.17) is 5.73 Å². The molecule has 0 saturated carbocycles. The van der Waals surface area contributed by atoms with E-state index < -0.39 is 0 Å². The third-order valence-electron chi connectivity index (χ3n) is 2.56. The highest BCUT2D eigenvalue weighted by Crippen LogP contribution is 2.15. The van der Waals surface area contributed by atoms with E-state index in [9.17, 15) is 0 Å². The van der Waals surface area contributed by atoms with E-state index in [1.165, 1.54) is 5.56 Å². The van der Waals surface area contributed by atoms with Crippen LogP contribution >= 0.6 is 0 Å². The fourth-order valence-corrected chi connectivity index (χ4v) is 1.65. The summed E-state index contributed by atoms with van der Waals surface area (Å²) in [4.78, 5) is 4.55. The Kier molecular flexibility index (Phi) is 2.73. The van der Waals surface area contributed by atoms with Gasteiger partial charge >= 0.3 is 0 Å². The van der Waals surface area contributed by atoms with Crippen LogP contribution in [-0.2, 0) is 6.42 Å². The van der Waals surface area contributed by atoms with Crippen molar-refractivity contribution in [1.29, 1.82) is 0 Å². The van der Waals surface area contributed by atoms with Crippen LogP contribution in [0.25, 0.3) is 5.65 Å². The highest BCUT2D eigenvalue weighted by molar-refractivity contribution is 5.42. The van der Waals surface area contributed by atoms with Crippen molar-refractivity contribution in [3.05, 3.63) is 35.8 Å². The summed E-state index contributed by atoms with van der Waals surface area (Å²) in [7, 11) is 0. The average Bonchev–Trinajstić information content (AvgIpc) is 2.61. The molecule has 0 aliphatic heterocycles. The summed E-state index contributed by atoms with van der Waals surface area (Å²) in [6.07, 6.45) is 5.13. The van der Waals surface area contributed by atoms with Crippen molar-refractivity contribution in [2.24, 2.45) is 5.73 Å². The van der Waals surface area contributed by atoms with E-state index in [0.29, 0.717) is 12.5 Å². The second-order valence-corrected chi connectivity index (χ2v) is 4.16. The Bertz CT molecular complexity index is 457. The summed E-state index contributed by atoms with van der Waals surface area (Å²) in [5.74, 6) is 0.475. The normalized spacial score (nSPS) is 11.5. The molecule has 0 aliphatic rings. The number of hydrogen-bond acceptors (Lipinski definition) is 2. The lowest BCUT2D eigenvalue weighted by Crippen LogP contribution is -2.03. The smallest absolute Gasteiger partial charge is 0.136 e. The molecule has 0 aliphatic carbocycles. The van der Waals surface area contributed by atoms with Gasteiger partial charge in [0, 0.05) is 12.4 Å². The maximum atomic E-state index is 5.53. The van der Waals surface area contributed by atoms with Gasteiger partial charge in [0.1, 0.15) is 5.65 Å². The van der Waals surface area contributed by atoms with Gasteiger partial charge in [0.2, 0.25) is 0 Å². The zero-order valence-corrected chi connectivity index (χ0v) is 9.27. The van der Waals surface area contributed by atoms with Crippen molar-refractivity contribution >= 4 is 5.65 Å². The number of rotatable bonds is 3. The van der Waals surface area contributed by atoms with Crippen LogP contribution in [0.4, 0.5) is 0 Å². The van der Waals surface area contributed by atoms with Gasteiger partial charge in [-0.25, -0.2) is 4.98 Å². The van der Waals surface area contributed by atoms with Crippen LogP contribution in [0.1, 0.15) is 31.0 Å². The largest absolute Gasteiger partial charge is 0.330 e. The Morgan fingerprint density at radius 2 is 2.13 bits per heavy atom. The standard InChI is InChI=1S/C12H17N3/c1-9(2)11-8-15-7-10(5-6-13)3-4-12(15)14-11/h3-4,7-9H,5-6,13H2,1-2H3. The van der Waals surface area contributed by atoms with Gasteiger partial charge in [-0.1, -0.05) is 19.9 Å². The molecular weight excluding hydrogens is 186 g/mol. The minimum Gasteiger partial charge on any atom is -0.330 e. The van der Waals surface area contributed by atoms with Crippen LogP contribution in [0, 0.1) is 0 Å². The molecule has 2 N–H and O–H groups in total. The van der Waals surface area contributed by atoms with E-state index in [0.717, 1.165) is 17.8 Å². The van der Waals surface area contributed by atoms with Crippen LogP contribution in [-0.4, -0.2) is 15.9 Å². The van der Waals surface area contributed by atoms with Crippen molar-refractivity contribution in [1.82, 2.24) is 9.38 Å². The lowest BCUT2D eigenvalue weighted by Gasteiger charge is -1.99. The SMILES string of the molecule is CC(C)c1cn2cc(CCN)ccc2n1. The Labute approximate surface area is 89.9 Å². The third kappa shape index (κ3) is 2.02. The Hall–Kier alpha value is -1.35. The quantitative estimate of drug-likeness (QED) is 0.828. The second kappa shape index (κ2) is 4.03. The summed E-state index contributed by atoms with van der Waals surface area (Å²) in [6.45, 7) is 5.00. The lowest BCUT2D eigenvalue weighted by molar-refractivity contribution is 0.834. The predicted molar refractivity (Wildman–Crippen MR) is 62.0 cm³/mol. The van der Waals surface area contributed by atoms with Crippen molar-refractivity contribution < 1.29 is 0 Å². The van der Waals surface area contributed by atoms with Crippen molar-refractivity contribution in [2.75, 3.05) is 6.54 Å². The molecule has 0 radical (unpaired) electrons. The van der Waals surface area contributed by atoms with Gasteiger partial charge in [0.15, 0.2) is 0 Å². The van der Waals surface area contributed by atoms with Gasteiger partial charge < -0.3 is 10.1 Å². The Morgan fingerprint density at radius 3 is 2.80 bits per heavy atom. The minimum absolute atomic E-state index is 0.475. The summed E-state index contributed by atoms with van der Waals surface area (Å²) in [5, 5.41) is 0. The fourth-order valence-electron chi connectivity index (χ4n) is 1.65. The highest BCUT2D eigenvalue weighted by Gasteiger charge is 2.05. The molecule has 15 heavy (non-hydrogen) atoms. The zero-order chi connectivity index (χ0) is 10.8. The number of nitrogens with zero attached hydrogens (tertiary/aromatic N) is 2. The molecule has 0 amide bonds. The van der Waals surface area contributed by atoms with Crippen molar-refractivity contribution in [2.45, 2.75) is 26.2 Å². The Balaban J connectivity index is 2.43. The summed E-state index contributed by atoms with van der Waals surface area (Å²) in [5.41, 5.74) is 8.95. The van der Waals surface area contributed by atoms with Gasteiger partial charge in [0.25, 0.3) is 0 Å². The van der Waals surface area contributed by atoms with Gasteiger partial charge in [-0.3, -0.25) is 0 Å². The Morgan fingerprint density at radius 1 is 1.33 bits per heavy atom. The maximum absolute atomic E-state index is 5.53. The van der Waals surface area contributed by atoms with Gasteiger partial charge in [0.05, 0.1) is 5.69 Å². The van der Waals surface area contributed by atoms with Crippen LogP contribution in [0.3, 0.4) is 0 Å². The number of aromatic nitrogens is 2. The van der Waals surface area contributed by atoms with Crippen LogP contribution in [0.15, 0.2) is 24.5 Å². The number of nitrogens with two attached hydrogens (primary N) is 1. The van der Waals surface area contributed by atoms with Crippen LogP contribution in [0.5, 0.6) is 0 Å². The van der Waals surface area contributed by atoms with E-state index in [1.54, 1.807) is 0 Å². The van der Waals surface area contributed by atoms with Gasteiger partial charge in [-0.15, -0.1) is 0 Å². The molecule has 0 bridgehead atoms. The van der Waals surface area contributed by atoms with Crippen molar-refractivity contribution in [3.63, 3.8) is 0 Å². The van der Waals surface area contributed by atoms with E-state index in [-0.39, 0.29) is 0 Å². The van der Waals surface area contributed by atoms with E-state index in [2.05, 4.69) is 47.8 Å². The topological polar surface area (TPSA) is 43.3 Å². The molecule has 0 unspecified atom stereocenters. The molecule has 0 aromatic carbocycles. The molecule has 0 fully saturated rings. The molecule has 80 valence electrons. The summed E-state index contributed by atoms with van der Waals surface area (Å²) in [6, 6.07) is 4.15. The minimum atomic E-state index is 0.475.